The van der Waals surface area contributed by atoms with Crippen LogP contribution in [0.4, 0.5) is 0 Å². The maximum atomic E-state index is 11.8. The summed E-state index contributed by atoms with van der Waals surface area (Å²) in [5, 5.41) is 48.4. The van der Waals surface area contributed by atoms with Crippen LogP contribution in [0.1, 0.15) is 45.4 Å². The summed E-state index contributed by atoms with van der Waals surface area (Å²) in [6.45, 7) is 0.868. The molecule has 1 heterocycles. The van der Waals surface area contributed by atoms with Crippen LogP contribution in [0.5, 0.6) is 0 Å². The average Bonchev–Trinajstić information content (AvgIpc) is 2.88. The minimum Gasteiger partial charge on any atom is -0.463 e. The lowest BCUT2D eigenvalue weighted by Gasteiger charge is -2.39. The van der Waals surface area contributed by atoms with Crippen LogP contribution in [0.25, 0.3) is 0 Å². The molecule has 1 fully saturated rings. The molecule has 204 valence electrons. The molecule has 1 rings (SSSR count). The molecule has 0 radical (unpaired) electrons. The molecule has 36 heavy (non-hydrogen) atoms. The van der Waals surface area contributed by atoms with Crippen molar-refractivity contribution in [3.05, 3.63) is 60.8 Å². The van der Waals surface area contributed by atoms with Crippen molar-refractivity contribution in [2.75, 3.05) is 19.8 Å². The lowest BCUT2D eigenvalue weighted by Crippen LogP contribution is -2.59. The highest BCUT2D eigenvalue weighted by atomic mass is 16.7. The van der Waals surface area contributed by atoms with E-state index in [1.54, 1.807) is 6.08 Å². The molecule has 0 spiro atoms. The SMILES string of the molecule is CCC=CCC=CCC=CCC=CCC=CCC(=O)OCC(O)COC1OC(CO)C(O)C(O)C1O. The Morgan fingerprint density at radius 3 is 1.86 bits per heavy atom. The molecule has 0 aromatic heterocycles. The van der Waals surface area contributed by atoms with E-state index in [0.717, 1.165) is 25.7 Å². The van der Waals surface area contributed by atoms with Crippen LogP contribution in [0.3, 0.4) is 0 Å². The largest absolute Gasteiger partial charge is 0.463 e. The highest BCUT2D eigenvalue weighted by Crippen LogP contribution is 2.22. The molecule has 6 unspecified atom stereocenters. The number of carbonyl (C=O) groups is 1. The Bertz CT molecular complexity index is 727. The van der Waals surface area contributed by atoms with Gasteiger partial charge >= 0.3 is 5.97 Å². The molecule has 0 aromatic carbocycles. The van der Waals surface area contributed by atoms with Crippen LogP contribution in [-0.2, 0) is 19.0 Å². The normalized spacial score (nSPS) is 26.2. The number of aliphatic hydroxyl groups excluding tert-OH is 5. The predicted octanol–water partition coefficient (Wildman–Crippen LogP) is 1.85. The molecule has 1 aliphatic rings. The number of carbonyl (C=O) groups excluding carboxylic acids is 1. The van der Waals surface area contributed by atoms with Crippen LogP contribution in [0.2, 0.25) is 0 Å². The van der Waals surface area contributed by atoms with E-state index in [-0.39, 0.29) is 19.6 Å². The number of esters is 1. The molecule has 9 nitrogen and oxygen atoms in total. The highest BCUT2D eigenvalue weighted by Gasteiger charge is 2.44. The van der Waals surface area contributed by atoms with Crippen LogP contribution in [-0.4, -0.2) is 88.1 Å². The highest BCUT2D eigenvalue weighted by molar-refractivity contribution is 5.71. The molecule has 6 atom stereocenters. The third-order valence-corrected chi connectivity index (χ3v) is 5.18. The number of hydrogen-bond donors (Lipinski definition) is 5. The fourth-order valence-corrected chi connectivity index (χ4v) is 3.14. The molecule has 0 bridgehead atoms. The summed E-state index contributed by atoms with van der Waals surface area (Å²) in [6.07, 6.45) is 16.8. The summed E-state index contributed by atoms with van der Waals surface area (Å²) < 4.78 is 15.4. The second-order valence-electron chi connectivity index (χ2n) is 8.28. The fourth-order valence-electron chi connectivity index (χ4n) is 3.14. The molecule has 0 amide bonds. The Labute approximate surface area is 213 Å². The summed E-state index contributed by atoms with van der Waals surface area (Å²) in [5.74, 6) is -0.511. The van der Waals surface area contributed by atoms with Gasteiger partial charge in [-0.05, 0) is 32.1 Å². The first-order chi connectivity index (χ1) is 17.4. The summed E-state index contributed by atoms with van der Waals surface area (Å²) >= 11 is 0. The quantitative estimate of drug-likeness (QED) is 0.146. The zero-order chi connectivity index (χ0) is 26.6. The zero-order valence-corrected chi connectivity index (χ0v) is 21.0. The van der Waals surface area contributed by atoms with Crippen molar-refractivity contribution in [3.8, 4) is 0 Å². The molecule has 5 N–H and O–H groups in total. The van der Waals surface area contributed by atoms with E-state index in [2.05, 4.69) is 49.5 Å². The number of allylic oxidation sites excluding steroid dienone is 9. The third-order valence-electron chi connectivity index (χ3n) is 5.18. The molecular weight excluding hydrogens is 468 g/mol. The number of ether oxygens (including phenoxy) is 3. The van der Waals surface area contributed by atoms with Gasteiger partial charge in [-0.2, -0.15) is 0 Å². The van der Waals surface area contributed by atoms with Crippen LogP contribution < -0.4 is 0 Å². The van der Waals surface area contributed by atoms with Crippen LogP contribution in [0.15, 0.2) is 60.8 Å². The standard InChI is InChI=1S/C27H42O9/c1-2-3-4-5-6-7-8-9-10-11-12-13-14-15-16-17-23(30)34-19-21(29)20-35-27-26(33)25(32)24(31)22(18-28)36-27/h3-4,6-7,9-10,12-13,15-16,21-22,24-29,31-33H,2,5,8,11,14,17-20H2,1H3. The topological polar surface area (TPSA) is 146 Å². The van der Waals surface area contributed by atoms with Crippen molar-refractivity contribution in [2.45, 2.75) is 82.3 Å². The second-order valence-corrected chi connectivity index (χ2v) is 8.28. The zero-order valence-electron chi connectivity index (χ0n) is 21.0. The smallest absolute Gasteiger partial charge is 0.309 e. The van der Waals surface area contributed by atoms with Gasteiger partial charge in [0.2, 0.25) is 0 Å². The number of aliphatic hydroxyl groups is 5. The van der Waals surface area contributed by atoms with E-state index in [4.69, 9.17) is 19.3 Å². The van der Waals surface area contributed by atoms with Gasteiger partial charge in [0.25, 0.3) is 0 Å². The minimum atomic E-state index is -1.57. The average molecular weight is 511 g/mol. The van der Waals surface area contributed by atoms with E-state index >= 15 is 0 Å². The van der Waals surface area contributed by atoms with Gasteiger partial charge in [0.1, 0.15) is 37.1 Å². The lowest BCUT2D eigenvalue weighted by molar-refractivity contribution is -0.305. The van der Waals surface area contributed by atoms with Crippen molar-refractivity contribution in [3.63, 3.8) is 0 Å². The summed E-state index contributed by atoms with van der Waals surface area (Å²) in [6, 6.07) is 0. The van der Waals surface area contributed by atoms with Gasteiger partial charge in [-0.3, -0.25) is 4.79 Å². The number of rotatable bonds is 17. The molecule has 0 aliphatic carbocycles. The van der Waals surface area contributed by atoms with Crippen LogP contribution >= 0.6 is 0 Å². The van der Waals surface area contributed by atoms with E-state index in [1.165, 1.54) is 0 Å². The molecular formula is C27H42O9. The van der Waals surface area contributed by atoms with Crippen molar-refractivity contribution >= 4 is 5.97 Å². The van der Waals surface area contributed by atoms with Gasteiger partial charge in [-0.25, -0.2) is 0 Å². The molecule has 1 aliphatic heterocycles. The summed E-state index contributed by atoms with van der Waals surface area (Å²) in [7, 11) is 0. The van der Waals surface area contributed by atoms with Crippen LogP contribution in [0, 0.1) is 0 Å². The van der Waals surface area contributed by atoms with E-state index in [9.17, 15) is 25.2 Å². The molecule has 0 saturated carbocycles. The third kappa shape index (κ3) is 13.8. The molecule has 9 heteroatoms. The minimum absolute atomic E-state index is 0.0633. The van der Waals surface area contributed by atoms with Crippen molar-refractivity contribution in [1.82, 2.24) is 0 Å². The first-order valence-corrected chi connectivity index (χ1v) is 12.4. The first kappa shape index (κ1) is 31.9. The molecule has 1 saturated heterocycles. The lowest BCUT2D eigenvalue weighted by atomic mass is 9.99. The van der Waals surface area contributed by atoms with E-state index < -0.39 is 49.4 Å². The fraction of sp³-hybridized carbons (Fsp3) is 0.593. The number of hydrogen-bond acceptors (Lipinski definition) is 9. The first-order valence-electron chi connectivity index (χ1n) is 12.4. The second kappa shape index (κ2) is 20.0. The summed E-state index contributed by atoms with van der Waals surface area (Å²) in [4.78, 5) is 11.8. The van der Waals surface area contributed by atoms with Crippen molar-refractivity contribution in [1.29, 1.82) is 0 Å². The Morgan fingerprint density at radius 2 is 1.33 bits per heavy atom. The monoisotopic (exact) mass is 510 g/mol. The Morgan fingerprint density at radius 1 is 0.806 bits per heavy atom. The predicted molar refractivity (Wildman–Crippen MR) is 136 cm³/mol. The van der Waals surface area contributed by atoms with Gasteiger partial charge in [0.15, 0.2) is 6.29 Å². The maximum absolute atomic E-state index is 11.8. The Kier molecular flexibility index (Phi) is 17.7. The molecule has 0 aromatic rings. The maximum Gasteiger partial charge on any atom is 0.309 e. The van der Waals surface area contributed by atoms with E-state index in [0.29, 0.717) is 6.42 Å². The van der Waals surface area contributed by atoms with Crippen molar-refractivity contribution in [2.24, 2.45) is 0 Å². The summed E-state index contributed by atoms with van der Waals surface area (Å²) in [5.41, 5.74) is 0. The Hall–Kier alpha value is -2.11. The van der Waals surface area contributed by atoms with Gasteiger partial charge in [0.05, 0.1) is 19.6 Å². The van der Waals surface area contributed by atoms with Gasteiger partial charge in [0, 0.05) is 0 Å². The van der Waals surface area contributed by atoms with Gasteiger partial charge < -0.3 is 39.7 Å². The van der Waals surface area contributed by atoms with Gasteiger partial charge in [-0.1, -0.05) is 67.7 Å². The van der Waals surface area contributed by atoms with E-state index in [1.807, 2.05) is 12.2 Å². The van der Waals surface area contributed by atoms with Gasteiger partial charge in [-0.15, -0.1) is 0 Å². The Balaban J connectivity index is 2.12. The van der Waals surface area contributed by atoms with Crippen molar-refractivity contribution < 1.29 is 44.5 Å².